The molecule has 4 N–H and O–H groups in total. The van der Waals surface area contributed by atoms with Crippen molar-refractivity contribution < 1.29 is 19.4 Å². The molecule has 1 saturated carbocycles. The molecule has 6 heteroatoms. The maximum atomic E-state index is 12.2. The van der Waals surface area contributed by atoms with E-state index in [0.717, 1.165) is 6.42 Å². The minimum Gasteiger partial charge on any atom is -0.480 e. The third kappa shape index (κ3) is 15.8. The molecule has 2 aromatic carbocycles. The van der Waals surface area contributed by atoms with E-state index in [-0.39, 0.29) is 19.1 Å². The molecule has 2 atom stereocenters. The highest BCUT2D eigenvalue weighted by molar-refractivity contribution is 5.99. The van der Waals surface area contributed by atoms with Crippen LogP contribution < -0.4 is 11.1 Å². The van der Waals surface area contributed by atoms with E-state index >= 15 is 0 Å². The maximum absolute atomic E-state index is 12.2. The summed E-state index contributed by atoms with van der Waals surface area (Å²) < 4.78 is 5.03. The molecule has 1 fully saturated rings. The average Bonchev–Trinajstić information content (AvgIpc) is 3.54. The Morgan fingerprint density at radius 1 is 0.723 bits per heavy atom. The van der Waals surface area contributed by atoms with Crippen LogP contribution in [0, 0.1) is 5.41 Å². The number of ether oxygens (including phenoxy) is 1. The number of esters is 1. The molecular weight excluding hydrogens is 584 g/mol. The van der Waals surface area contributed by atoms with Crippen molar-refractivity contribution in [1.29, 1.82) is 0 Å². The first kappa shape index (κ1) is 40.5. The smallest absolute Gasteiger partial charge is 0.323 e. The number of aryl methyl sites for hydroxylation is 2. The fourth-order valence-electron chi connectivity index (χ4n) is 6.46. The van der Waals surface area contributed by atoms with E-state index in [1.807, 2.05) is 0 Å². The molecule has 0 heterocycles. The van der Waals surface area contributed by atoms with Crippen LogP contribution in [-0.4, -0.2) is 29.7 Å². The molecule has 0 bridgehead atoms. The van der Waals surface area contributed by atoms with Crippen LogP contribution in [0.5, 0.6) is 0 Å². The average molecular weight is 651 g/mol. The van der Waals surface area contributed by atoms with E-state index < -0.39 is 17.4 Å². The predicted molar refractivity (Wildman–Crippen MR) is 195 cm³/mol. The van der Waals surface area contributed by atoms with Gasteiger partial charge in [0.1, 0.15) is 0 Å². The van der Waals surface area contributed by atoms with Crippen LogP contribution in [0.25, 0.3) is 0 Å². The molecule has 0 radical (unpaired) electrons. The van der Waals surface area contributed by atoms with Crippen molar-refractivity contribution in [2.45, 2.75) is 162 Å². The second-order valence-electron chi connectivity index (χ2n) is 13.5. The number of unbranched alkanes of at least 4 members (excludes halogenated alkanes) is 12. The van der Waals surface area contributed by atoms with E-state index in [9.17, 15) is 14.7 Å². The second kappa shape index (κ2) is 24.4. The van der Waals surface area contributed by atoms with E-state index in [1.54, 1.807) is 6.92 Å². The highest BCUT2D eigenvalue weighted by Gasteiger charge is 2.52. The molecule has 1 aliphatic carbocycles. The molecule has 0 amide bonds. The number of rotatable bonds is 23. The highest BCUT2D eigenvalue weighted by Crippen LogP contribution is 2.40. The number of aliphatic carboxylic acids is 1. The van der Waals surface area contributed by atoms with Gasteiger partial charge in [0.25, 0.3) is 0 Å². The van der Waals surface area contributed by atoms with Crippen molar-refractivity contribution in [2.24, 2.45) is 11.1 Å². The number of nitrogens with one attached hydrogen (secondary N) is 1. The minimum absolute atomic E-state index is 0.0119. The van der Waals surface area contributed by atoms with Crippen LogP contribution >= 0.6 is 0 Å². The van der Waals surface area contributed by atoms with Gasteiger partial charge < -0.3 is 20.9 Å². The molecule has 47 heavy (non-hydrogen) atoms. The zero-order valence-electron chi connectivity index (χ0n) is 30.0. The van der Waals surface area contributed by atoms with Crippen molar-refractivity contribution in [1.82, 2.24) is 5.32 Å². The fourth-order valence-corrected chi connectivity index (χ4v) is 6.46. The number of nitrogens with two attached hydrogens (primary N) is 1. The number of carbonyl (C=O) groups excluding carboxylic acids is 1. The molecule has 1 aliphatic rings. The molecule has 0 aliphatic heterocycles. The standard InChI is InChI=1S/C25H39NO4.C16H27N/c1-3-5-6-7-8-9-10-11-20-12-14-21(15-13-20)19-26-22-16-17-25(18-22,23(27)28)24(29)30-4-2;1-2-3-4-5-6-7-8-9-15-10-12-16(14-17)13-11-15/h12-15,22,26H,3-11,16-19H2,1-2H3,(H,27,28);10-13H,2-9,14,17H2,1H3. The molecule has 264 valence electrons. The Morgan fingerprint density at radius 3 is 1.62 bits per heavy atom. The van der Waals surface area contributed by atoms with E-state index in [2.05, 4.69) is 67.7 Å². The van der Waals surface area contributed by atoms with Crippen LogP contribution in [0.3, 0.4) is 0 Å². The van der Waals surface area contributed by atoms with Gasteiger partial charge in [-0.3, -0.25) is 9.59 Å². The molecular formula is C41H66N2O4. The van der Waals surface area contributed by atoms with Gasteiger partial charge in [-0.2, -0.15) is 0 Å². The largest absolute Gasteiger partial charge is 0.480 e. The Kier molecular flexibility index (Phi) is 21.0. The topological polar surface area (TPSA) is 102 Å². The van der Waals surface area contributed by atoms with Crippen molar-refractivity contribution in [2.75, 3.05) is 6.61 Å². The molecule has 2 unspecified atom stereocenters. The number of benzene rings is 2. The second-order valence-corrected chi connectivity index (χ2v) is 13.5. The number of carboxylic acids is 1. The third-order valence-electron chi connectivity index (χ3n) is 9.60. The summed E-state index contributed by atoms with van der Waals surface area (Å²) in [5.74, 6) is -1.67. The summed E-state index contributed by atoms with van der Waals surface area (Å²) in [7, 11) is 0. The Morgan fingerprint density at radius 2 is 1.17 bits per heavy atom. The fraction of sp³-hybridized carbons (Fsp3) is 0.659. The lowest BCUT2D eigenvalue weighted by atomic mass is 9.86. The number of hydrogen-bond acceptors (Lipinski definition) is 5. The van der Waals surface area contributed by atoms with Crippen molar-refractivity contribution in [3.05, 3.63) is 70.8 Å². The summed E-state index contributed by atoms with van der Waals surface area (Å²) in [6, 6.07) is 17.4. The third-order valence-corrected chi connectivity index (χ3v) is 9.60. The van der Waals surface area contributed by atoms with E-state index in [0.29, 0.717) is 25.9 Å². The van der Waals surface area contributed by atoms with Gasteiger partial charge in [-0.15, -0.1) is 0 Å². The zero-order chi connectivity index (χ0) is 34.2. The Labute approximate surface area is 286 Å². The summed E-state index contributed by atoms with van der Waals surface area (Å²) in [5, 5.41) is 13.0. The first-order valence-corrected chi connectivity index (χ1v) is 18.9. The minimum atomic E-state index is -1.39. The van der Waals surface area contributed by atoms with Crippen LogP contribution in [0.2, 0.25) is 0 Å². The first-order chi connectivity index (χ1) is 22.9. The molecule has 0 aromatic heterocycles. The summed E-state index contributed by atoms with van der Waals surface area (Å²) in [5.41, 5.74) is 9.43. The summed E-state index contributed by atoms with van der Waals surface area (Å²) in [4.78, 5) is 24.0. The van der Waals surface area contributed by atoms with Gasteiger partial charge in [-0.1, -0.05) is 139 Å². The quantitative estimate of drug-likeness (QED) is 0.0629. The Balaban J connectivity index is 0.000000382. The molecule has 2 aromatic rings. The molecule has 0 saturated heterocycles. The summed E-state index contributed by atoms with van der Waals surface area (Å²) in [6.45, 7) is 7.76. The van der Waals surface area contributed by atoms with Gasteiger partial charge in [0.05, 0.1) is 6.61 Å². The van der Waals surface area contributed by atoms with Crippen molar-refractivity contribution >= 4 is 11.9 Å². The van der Waals surface area contributed by atoms with Crippen LogP contribution in [-0.2, 0) is 40.3 Å². The van der Waals surface area contributed by atoms with Crippen LogP contribution in [0.4, 0.5) is 0 Å². The maximum Gasteiger partial charge on any atom is 0.323 e. The van der Waals surface area contributed by atoms with E-state index in [4.69, 9.17) is 10.5 Å². The lowest BCUT2D eigenvalue weighted by molar-refractivity contribution is -0.168. The lowest BCUT2D eigenvalue weighted by Crippen LogP contribution is -2.40. The number of carboxylic acid groups (broad SMARTS) is 1. The predicted octanol–water partition coefficient (Wildman–Crippen LogP) is 9.69. The van der Waals surface area contributed by atoms with Gasteiger partial charge in [-0.05, 0) is 74.1 Å². The lowest BCUT2D eigenvalue weighted by Gasteiger charge is -2.22. The van der Waals surface area contributed by atoms with Crippen LogP contribution in [0.1, 0.15) is 152 Å². The van der Waals surface area contributed by atoms with Gasteiger partial charge in [0.15, 0.2) is 5.41 Å². The van der Waals surface area contributed by atoms with Crippen molar-refractivity contribution in [3.8, 4) is 0 Å². The molecule has 6 nitrogen and oxygen atoms in total. The van der Waals surface area contributed by atoms with Gasteiger partial charge in [0.2, 0.25) is 0 Å². The van der Waals surface area contributed by atoms with Crippen molar-refractivity contribution in [3.63, 3.8) is 0 Å². The van der Waals surface area contributed by atoms with Gasteiger partial charge in [-0.25, -0.2) is 0 Å². The van der Waals surface area contributed by atoms with Crippen LogP contribution in [0.15, 0.2) is 48.5 Å². The molecule has 3 rings (SSSR count). The Bertz CT molecular complexity index is 1100. The summed E-state index contributed by atoms with van der Waals surface area (Å²) in [6.07, 6.45) is 22.6. The zero-order valence-corrected chi connectivity index (χ0v) is 30.0. The number of hydrogen-bond donors (Lipinski definition) is 3. The monoisotopic (exact) mass is 651 g/mol. The number of carbonyl (C=O) groups is 2. The SMILES string of the molecule is CCCCCCCCCc1ccc(CN)cc1.CCCCCCCCCc1ccc(CNC2CCC(C(=O)O)(C(=O)OCC)C2)cc1. The Hall–Kier alpha value is -2.70. The first-order valence-electron chi connectivity index (χ1n) is 18.9. The summed E-state index contributed by atoms with van der Waals surface area (Å²) >= 11 is 0. The van der Waals surface area contributed by atoms with E-state index in [1.165, 1.54) is 119 Å². The van der Waals surface area contributed by atoms with Gasteiger partial charge >= 0.3 is 11.9 Å². The molecule has 0 spiro atoms. The van der Waals surface area contributed by atoms with Gasteiger partial charge in [0, 0.05) is 19.1 Å². The normalized spacial score (nSPS) is 17.2. The highest BCUT2D eigenvalue weighted by atomic mass is 16.5.